The number of carbonyl (C=O) groups excluding carboxylic acids is 1. The van der Waals surface area contributed by atoms with E-state index in [0.29, 0.717) is 25.7 Å². The fourth-order valence-corrected chi connectivity index (χ4v) is 7.57. The van der Waals surface area contributed by atoms with E-state index in [1.807, 2.05) is 12.1 Å². The highest BCUT2D eigenvalue weighted by molar-refractivity contribution is 5.78. The molecule has 0 saturated heterocycles. The Bertz CT molecular complexity index is 1130. The number of fused-ring (bicyclic) bond motifs is 5. The first-order valence-electron chi connectivity index (χ1n) is 12.8. The summed E-state index contributed by atoms with van der Waals surface area (Å²) < 4.78 is 30.8. The van der Waals surface area contributed by atoms with Gasteiger partial charge in [0.1, 0.15) is 11.5 Å². The van der Waals surface area contributed by atoms with E-state index in [4.69, 9.17) is 0 Å². The van der Waals surface area contributed by atoms with Crippen molar-refractivity contribution >= 4 is 5.78 Å². The van der Waals surface area contributed by atoms with Crippen LogP contribution in [-0.4, -0.2) is 27.0 Å². The standard InChI is InChI=1S/C29H34F2O4/c1-28-13-12-23-22-10-8-21(33)15-18(22)5-9-24(23)27(28)19(16-29(28,30)31)4-7-20(32)6-2-17-3-11-25(34)26(35)14-17/h3,8,10-11,14-15,19,23-24,27,33-35H,2,4-7,9,12-13,16H2,1H3/t19-,23-,24-,27+,28+/m1/s1. The SMILES string of the molecule is C[C@]12CC[C@@H]3c4ccc(O)cc4CC[C@H]3[C@@H]1[C@H](CCC(=O)CCc1ccc(O)c(O)c1)CC2(F)F. The fourth-order valence-electron chi connectivity index (χ4n) is 7.57. The monoisotopic (exact) mass is 484 g/mol. The number of ketones is 1. The first-order valence-corrected chi connectivity index (χ1v) is 12.8. The zero-order valence-electron chi connectivity index (χ0n) is 20.1. The Morgan fingerprint density at radius 2 is 1.83 bits per heavy atom. The summed E-state index contributed by atoms with van der Waals surface area (Å²) in [5, 5.41) is 29.0. The topological polar surface area (TPSA) is 77.8 Å². The molecule has 2 fully saturated rings. The molecule has 0 aromatic heterocycles. The Balaban J connectivity index is 1.29. The maximum Gasteiger partial charge on any atom is 0.253 e. The third kappa shape index (κ3) is 4.19. The highest BCUT2D eigenvalue weighted by Gasteiger charge is 2.67. The number of aromatic hydroxyl groups is 3. The van der Waals surface area contributed by atoms with Gasteiger partial charge in [0, 0.05) is 24.7 Å². The van der Waals surface area contributed by atoms with Crippen LogP contribution in [0.3, 0.4) is 0 Å². The van der Waals surface area contributed by atoms with Crippen LogP contribution < -0.4 is 0 Å². The summed E-state index contributed by atoms with van der Waals surface area (Å²) >= 11 is 0. The maximum atomic E-state index is 15.4. The molecule has 2 saturated carbocycles. The summed E-state index contributed by atoms with van der Waals surface area (Å²) in [6.07, 6.45) is 4.26. The molecule has 188 valence electrons. The third-order valence-electron chi connectivity index (χ3n) is 9.35. The Kier molecular flexibility index (Phi) is 6.05. The van der Waals surface area contributed by atoms with Crippen molar-refractivity contribution in [2.45, 2.75) is 76.6 Å². The first-order chi connectivity index (χ1) is 16.6. The van der Waals surface area contributed by atoms with Gasteiger partial charge in [-0.1, -0.05) is 19.1 Å². The van der Waals surface area contributed by atoms with Crippen LogP contribution in [-0.2, 0) is 17.6 Å². The van der Waals surface area contributed by atoms with Crippen LogP contribution in [0.4, 0.5) is 8.78 Å². The zero-order valence-corrected chi connectivity index (χ0v) is 20.1. The lowest BCUT2D eigenvalue weighted by atomic mass is 9.53. The number of Topliss-reactive ketones (excluding diaryl/α,β-unsaturated/α-hetero) is 1. The summed E-state index contributed by atoms with van der Waals surface area (Å²) in [5.41, 5.74) is 2.09. The largest absolute Gasteiger partial charge is 0.508 e. The van der Waals surface area contributed by atoms with Gasteiger partial charge in [-0.3, -0.25) is 4.79 Å². The molecule has 0 bridgehead atoms. The van der Waals surface area contributed by atoms with Crippen molar-refractivity contribution in [1.29, 1.82) is 0 Å². The normalized spacial score (nSPS) is 30.8. The molecule has 0 amide bonds. The number of hydrogen-bond acceptors (Lipinski definition) is 4. The average Bonchev–Trinajstić information content (AvgIpc) is 3.03. The van der Waals surface area contributed by atoms with E-state index in [1.54, 1.807) is 19.1 Å². The van der Waals surface area contributed by atoms with Crippen LogP contribution >= 0.6 is 0 Å². The Labute approximate surface area is 205 Å². The van der Waals surface area contributed by atoms with Crippen molar-refractivity contribution in [3.8, 4) is 17.2 Å². The van der Waals surface area contributed by atoms with Gasteiger partial charge in [0.2, 0.25) is 0 Å². The molecule has 0 spiro atoms. The smallest absolute Gasteiger partial charge is 0.253 e. The van der Waals surface area contributed by atoms with Gasteiger partial charge in [-0.05, 0) is 103 Å². The maximum absolute atomic E-state index is 15.4. The van der Waals surface area contributed by atoms with Gasteiger partial charge in [-0.2, -0.15) is 0 Å². The van der Waals surface area contributed by atoms with Gasteiger partial charge < -0.3 is 15.3 Å². The number of aryl methyl sites for hydroxylation is 2. The van der Waals surface area contributed by atoms with Gasteiger partial charge in [0.15, 0.2) is 11.5 Å². The second-order valence-corrected chi connectivity index (χ2v) is 11.2. The molecule has 2 aromatic carbocycles. The second-order valence-electron chi connectivity index (χ2n) is 11.2. The molecule has 4 nitrogen and oxygen atoms in total. The number of carbonyl (C=O) groups is 1. The number of alkyl halides is 2. The number of benzene rings is 2. The highest BCUT2D eigenvalue weighted by atomic mass is 19.3. The summed E-state index contributed by atoms with van der Waals surface area (Å²) in [6, 6.07) is 10.0. The van der Waals surface area contributed by atoms with E-state index in [2.05, 4.69) is 0 Å². The predicted octanol–water partition coefficient (Wildman–Crippen LogP) is 6.50. The van der Waals surface area contributed by atoms with E-state index in [0.717, 1.165) is 30.4 Å². The number of phenols is 3. The molecular formula is C29H34F2O4. The number of phenolic OH excluding ortho intramolecular Hbond substituents is 3. The zero-order chi connectivity index (χ0) is 25.0. The van der Waals surface area contributed by atoms with E-state index < -0.39 is 11.3 Å². The van der Waals surface area contributed by atoms with Crippen molar-refractivity contribution < 1.29 is 28.9 Å². The van der Waals surface area contributed by atoms with Crippen LogP contribution in [0.5, 0.6) is 17.2 Å². The molecule has 0 aliphatic heterocycles. The highest BCUT2D eigenvalue weighted by Crippen LogP contribution is 2.68. The number of rotatable bonds is 6. The predicted molar refractivity (Wildman–Crippen MR) is 129 cm³/mol. The lowest BCUT2D eigenvalue weighted by molar-refractivity contribution is -0.133. The van der Waals surface area contributed by atoms with E-state index in [9.17, 15) is 20.1 Å². The van der Waals surface area contributed by atoms with E-state index in [-0.39, 0.29) is 59.5 Å². The van der Waals surface area contributed by atoms with Crippen LogP contribution in [0, 0.1) is 23.2 Å². The average molecular weight is 485 g/mol. The minimum absolute atomic E-state index is 0.0475. The lowest BCUT2D eigenvalue weighted by Gasteiger charge is -2.51. The van der Waals surface area contributed by atoms with Gasteiger partial charge in [0.05, 0.1) is 0 Å². The van der Waals surface area contributed by atoms with Crippen molar-refractivity contribution in [2.75, 3.05) is 0 Å². The fraction of sp³-hybridized carbons (Fsp3) is 0.552. The Hall–Kier alpha value is -2.63. The molecule has 3 aliphatic carbocycles. The molecule has 5 atom stereocenters. The molecule has 3 N–H and O–H groups in total. The van der Waals surface area contributed by atoms with Gasteiger partial charge >= 0.3 is 0 Å². The molecule has 6 heteroatoms. The molecule has 0 radical (unpaired) electrons. The summed E-state index contributed by atoms with van der Waals surface area (Å²) in [4.78, 5) is 12.7. The molecule has 0 heterocycles. The van der Waals surface area contributed by atoms with E-state index in [1.165, 1.54) is 17.7 Å². The molecule has 35 heavy (non-hydrogen) atoms. The van der Waals surface area contributed by atoms with Crippen molar-refractivity contribution in [3.63, 3.8) is 0 Å². The van der Waals surface area contributed by atoms with Crippen molar-refractivity contribution in [2.24, 2.45) is 23.2 Å². The molecule has 2 aromatic rings. The minimum Gasteiger partial charge on any atom is -0.508 e. The van der Waals surface area contributed by atoms with E-state index >= 15 is 8.78 Å². The molecule has 3 aliphatic rings. The molecule has 0 unspecified atom stereocenters. The van der Waals surface area contributed by atoms with Crippen LogP contribution in [0.1, 0.15) is 74.5 Å². The minimum atomic E-state index is -2.73. The third-order valence-corrected chi connectivity index (χ3v) is 9.35. The quantitative estimate of drug-likeness (QED) is 0.409. The van der Waals surface area contributed by atoms with Crippen LogP contribution in [0.25, 0.3) is 0 Å². The number of halogens is 2. The molecular weight excluding hydrogens is 450 g/mol. The summed E-state index contributed by atoms with van der Waals surface area (Å²) in [6.45, 7) is 1.78. The lowest BCUT2D eigenvalue weighted by Crippen LogP contribution is -2.47. The van der Waals surface area contributed by atoms with Crippen LogP contribution in [0.15, 0.2) is 36.4 Å². The second kappa shape index (κ2) is 8.79. The van der Waals surface area contributed by atoms with Crippen molar-refractivity contribution in [1.82, 2.24) is 0 Å². The number of hydrogen-bond donors (Lipinski definition) is 3. The first kappa shape index (κ1) is 24.1. The van der Waals surface area contributed by atoms with Gasteiger partial charge in [0.25, 0.3) is 5.92 Å². The molecule has 5 rings (SSSR count). The Morgan fingerprint density at radius 3 is 2.60 bits per heavy atom. The van der Waals surface area contributed by atoms with Crippen molar-refractivity contribution in [3.05, 3.63) is 53.1 Å². The van der Waals surface area contributed by atoms with Gasteiger partial charge in [-0.15, -0.1) is 0 Å². The van der Waals surface area contributed by atoms with Gasteiger partial charge in [-0.25, -0.2) is 8.78 Å². The van der Waals surface area contributed by atoms with Crippen LogP contribution in [0.2, 0.25) is 0 Å². The summed E-state index contributed by atoms with van der Waals surface area (Å²) in [5.74, 6) is -2.69. The Morgan fingerprint density at radius 1 is 1.03 bits per heavy atom. The summed E-state index contributed by atoms with van der Waals surface area (Å²) in [7, 11) is 0.